The topological polar surface area (TPSA) is 76.4 Å². The maximum absolute atomic E-state index is 12.9. The smallest absolute Gasteiger partial charge is 0.253 e. The molecule has 7 nitrogen and oxygen atoms in total. The Labute approximate surface area is 183 Å². The van der Waals surface area contributed by atoms with Crippen LogP contribution in [0.4, 0.5) is 5.95 Å². The van der Waals surface area contributed by atoms with Crippen LogP contribution in [0.15, 0.2) is 30.5 Å². The number of hydrogen-bond acceptors (Lipinski definition) is 6. The van der Waals surface area contributed by atoms with Crippen molar-refractivity contribution >= 4 is 11.9 Å². The van der Waals surface area contributed by atoms with Crippen molar-refractivity contribution in [2.24, 2.45) is 0 Å². The highest BCUT2D eigenvalue weighted by Gasteiger charge is 2.29. The molecule has 1 amide bonds. The zero-order valence-corrected chi connectivity index (χ0v) is 17.8. The minimum atomic E-state index is 0.0117. The summed E-state index contributed by atoms with van der Waals surface area (Å²) >= 11 is 0. The minimum absolute atomic E-state index is 0.0117. The van der Waals surface area contributed by atoms with E-state index < -0.39 is 0 Å². The van der Waals surface area contributed by atoms with Gasteiger partial charge >= 0.3 is 0 Å². The van der Waals surface area contributed by atoms with Gasteiger partial charge in [-0.25, -0.2) is 9.97 Å². The Bertz CT molecular complexity index is 986. The van der Waals surface area contributed by atoms with Gasteiger partial charge in [0.1, 0.15) is 0 Å². The molecule has 7 heteroatoms. The first-order chi connectivity index (χ1) is 15.2. The van der Waals surface area contributed by atoms with Crippen LogP contribution >= 0.6 is 0 Å². The van der Waals surface area contributed by atoms with Gasteiger partial charge in [-0.15, -0.1) is 0 Å². The Hall–Kier alpha value is -2.98. The van der Waals surface area contributed by atoms with Crippen molar-refractivity contribution in [1.82, 2.24) is 19.8 Å². The Morgan fingerprint density at radius 3 is 2.42 bits per heavy atom. The first kappa shape index (κ1) is 20.0. The van der Waals surface area contributed by atoms with Gasteiger partial charge in [-0.2, -0.15) is 5.26 Å². The van der Waals surface area contributed by atoms with Gasteiger partial charge in [0, 0.05) is 63.5 Å². The van der Waals surface area contributed by atoms with Gasteiger partial charge in [0.15, 0.2) is 0 Å². The number of rotatable bonds is 3. The Kier molecular flexibility index (Phi) is 5.56. The number of carbonyl (C=O) groups excluding carboxylic acids is 1. The molecular weight excluding hydrogens is 388 g/mol. The molecule has 31 heavy (non-hydrogen) atoms. The SMILES string of the molecule is N#Cc1ccc(C(=O)N2CCc3cnc(N4CCN(C5CCC5)CC4)nc3CC2)cc1. The van der Waals surface area contributed by atoms with E-state index >= 15 is 0 Å². The molecule has 160 valence electrons. The molecule has 3 aliphatic rings. The molecule has 2 aromatic rings. The van der Waals surface area contributed by atoms with Crippen LogP contribution in [0, 0.1) is 11.3 Å². The van der Waals surface area contributed by atoms with Gasteiger partial charge in [0.25, 0.3) is 5.91 Å². The number of benzene rings is 1. The maximum Gasteiger partial charge on any atom is 0.253 e. The number of piperazine rings is 1. The van der Waals surface area contributed by atoms with E-state index in [9.17, 15) is 4.79 Å². The molecule has 1 saturated heterocycles. The molecule has 3 heterocycles. The average molecular weight is 417 g/mol. The van der Waals surface area contributed by atoms with E-state index in [1.807, 2.05) is 11.1 Å². The monoisotopic (exact) mass is 416 g/mol. The van der Waals surface area contributed by atoms with Gasteiger partial charge < -0.3 is 9.80 Å². The Balaban J connectivity index is 1.23. The number of nitriles is 1. The van der Waals surface area contributed by atoms with Gasteiger partial charge in [-0.3, -0.25) is 9.69 Å². The summed E-state index contributed by atoms with van der Waals surface area (Å²) in [5.41, 5.74) is 3.41. The second-order valence-electron chi connectivity index (χ2n) is 8.73. The molecule has 1 saturated carbocycles. The normalized spacial score (nSPS) is 19.8. The number of anilines is 1. The summed E-state index contributed by atoms with van der Waals surface area (Å²) in [6.45, 7) is 5.47. The molecule has 0 N–H and O–H groups in total. The van der Waals surface area contributed by atoms with Crippen molar-refractivity contribution in [3.05, 3.63) is 52.8 Å². The summed E-state index contributed by atoms with van der Waals surface area (Å²) in [6.07, 6.45) is 7.57. The third-order valence-corrected chi connectivity index (χ3v) is 6.95. The van der Waals surface area contributed by atoms with Gasteiger partial charge in [-0.05, 0) is 49.1 Å². The number of nitrogens with zero attached hydrogens (tertiary/aromatic N) is 6. The lowest BCUT2D eigenvalue weighted by molar-refractivity contribution is 0.0763. The second-order valence-corrected chi connectivity index (χ2v) is 8.73. The van der Waals surface area contributed by atoms with E-state index in [1.54, 1.807) is 24.3 Å². The number of amides is 1. The Morgan fingerprint density at radius 2 is 1.74 bits per heavy atom. The van der Waals surface area contributed by atoms with E-state index in [0.29, 0.717) is 24.2 Å². The highest BCUT2D eigenvalue weighted by molar-refractivity contribution is 5.94. The number of carbonyl (C=O) groups is 1. The van der Waals surface area contributed by atoms with Crippen LogP contribution in [0.3, 0.4) is 0 Å². The third kappa shape index (κ3) is 4.13. The fraction of sp³-hybridized carbons (Fsp3) is 0.500. The lowest BCUT2D eigenvalue weighted by Gasteiger charge is -2.43. The van der Waals surface area contributed by atoms with E-state index in [-0.39, 0.29) is 5.91 Å². The summed E-state index contributed by atoms with van der Waals surface area (Å²) in [7, 11) is 0. The molecule has 0 unspecified atom stereocenters. The molecule has 1 aromatic heterocycles. The van der Waals surface area contributed by atoms with Crippen LogP contribution in [-0.4, -0.2) is 71.0 Å². The van der Waals surface area contributed by atoms with Crippen LogP contribution in [0.1, 0.15) is 46.4 Å². The first-order valence-electron chi connectivity index (χ1n) is 11.3. The van der Waals surface area contributed by atoms with Crippen molar-refractivity contribution < 1.29 is 4.79 Å². The summed E-state index contributed by atoms with van der Waals surface area (Å²) in [5.74, 6) is 0.844. The lowest BCUT2D eigenvalue weighted by Crippen LogP contribution is -2.52. The molecule has 2 aliphatic heterocycles. The molecule has 0 bridgehead atoms. The summed E-state index contributed by atoms with van der Waals surface area (Å²) in [6, 6.07) is 9.76. The summed E-state index contributed by atoms with van der Waals surface area (Å²) in [4.78, 5) is 29.3. The standard InChI is InChI=1S/C24H28N6O/c25-16-18-4-6-19(7-5-18)23(31)29-10-8-20-17-26-24(27-22(20)9-11-29)30-14-12-28(13-15-30)21-2-1-3-21/h4-7,17,21H,1-3,8-15H2. The van der Waals surface area contributed by atoms with Gasteiger partial charge in [0.05, 0.1) is 17.3 Å². The molecule has 0 radical (unpaired) electrons. The van der Waals surface area contributed by atoms with Crippen molar-refractivity contribution in [2.75, 3.05) is 44.2 Å². The predicted molar refractivity (Wildman–Crippen MR) is 118 cm³/mol. The highest BCUT2D eigenvalue weighted by Crippen LogP contribution is 2.26. The van der Waals surface area contributed by atoms with Crippen molar-refractivity contribution in [3.63, 3.8) is 0 Å². The quantitative estimate of drug-likeness (QED) is 0.764. The van der Waals surface area contributed by atoms with Crippen molar-refractivity contribution in [1.29, 1.82) is 5.26 Å². The minimum Gasteiger partial charge on any atom is -0.338 e. The van der Waals surface area contributed by atoms with Gasteiger partial charge in [0.2, 0.25) is 5.95 Å². The van der Waals surface area contributed by atoms with E-state index in [4.69, 9.17) is 10.2 Å². The molecule has 1 aromatic carbocycles. The zero-order valence-electron chi connectivity index (χ0n) is 17.8. The molecular formula is C24H28N6O. The summed E-state index contributed by atoms with van der Waals surface area (Å²) in [5, 5.41) is 8.96. The highest BCUT2D eigenvalue weighted by atomic mass is 16.2. The predicted octanol–water partition coefficient (Wildman–Crippen LogP) is 2.26. The number of fused-ring (bicyclic) bond motifs is 1. The molecule has 5 rings (SSSR count). The fourth-order valence-electron chi connectivity index (χ4n) is 4.73. The molecule has 2 fully saturated rings. The molecule has 0 spiro atoms. The van der Waals surface area contributed by atoms with E-state index in [0.717, 1.165) is 62.3 Å². The van der Waals surface area contributed by atoms with Gasteiger partial charge in [-0.1, -0.05) is 6.42 Å². The van der Waals surface area contributed by atoms with Crippen molar-refractivity contribution in [3.8, 4) is 6.07 Å². The number of hydrogen-bond donors (Lipinski definition) is 0. The Morgan fingerprint density at radius 1 is 1.00 bits per heavy atom. The second kappa shape index (κ2) is 8.64. The number of aromatic nitrogens is 2. The molecule has 0 atom stereocenters. The largest absolute Gasteiger partial charge is 0.338 e. The third-order valence-electron chi connectivity index (χ3n) is 6.95. The van der Waals surface area contributed by atoms with Crippen LogP contribution in [0.25, 0.3) is 0 Å². The fourth-order valence-corrected chi connectivity index (χ4v) is 4.73. The lowest BCUT2D eigenvalue weighted by atomic mass is 9.91. The van der Waals surface area contributed by atoms with Crippen LogP contribution in [0.5, 0.6) is 0 Å². The van der Waals surface area contributed by atoms with Crippen molar-refractivity contribution in [2.45, 2.75) is 38.1 Å². The van der Waals surface area contributed by atoms with E-state index in [1.165, 1.54) is 19.3 Å². The van der Waals surface area contributed by atoms with Crippen LogP contribution in [0.2, 0.25) is 0 Å². The molecule has 1 aliphatic carbocycles. The average Bonchev–Trinajstić information content (AvgIpc) is 3.00. The van der Waals surface area contributed by atoms with Crippen LogP contribution in [-0.2, 0) is 12.8 Å². The first-order valence-corrected chi connectivity index (χ1v) is 11.3. The van der Waals surface area contributed by atoms with E-state index in [2.05, 4.69) is 20.9 Å². The summed E-state index contributed by atoms with van der Waals surface area (Å²) < 4.78 is 0. The zero-order chi connectivity index (χ0) is 21.2. The maximum atomic E-state index is 12.9. The van der Waals surface area contributed by atoms with Crippen LogP contribution < -0.4 is 4.90 Å².